The minimum atomic E-state index is -0.379. The molecule has 3 N–H and O–H groups in total. The minimum absolute atomic E-state index is 0.142. The van der Waals surface area contributed by atoms with Gasteiger partial charge < -0.3 is 15.4 Å². The topological polar surface area (TPSA) is 68.2 Å². The van der Waals surface area contributed by atoms with Gasteiger partial charge in [0.05, 0.1) is 5.56 Å². The lowest BCUT2D eigenvalue weighted by molar-refractivity contribution is 0.1000. The largest absolute Gasteiger partial charge is 0.396 e. The van der Waals surface area contributed by atoms with Crippen LogP contribution in [-0.4, -0.2) is 22.2 Å². The summed E-state index contributed by atoms with van der Waals surface area (Å²) >= 11 is 1.62. The summed E-state index contributed by atoms with van der Waals surface area (Å²) in [5.74, 6) is -0.379. The van der Waals surface area contributed by atoms with Crippen molar-refractivity contribution in [3.63, 3.8) is 0 Å². The number of aliphatic hydroxyl groups excluding tert-OH is 1. The molecule has 0 saturated carbocycles. The number of aliphatic hydroxyl groups is 1. The number of carbonyl (C=O) groups is 1. The smallest absolute Gasteiger partial charge is 0.251 e. The van der Waals surface area contributed by atoms with E-state index in [-0.39, 0.29) is 12.5 Å². The molecule has 4 nitrogen and oxygen atoms in total. The first-order valence-corrected chi connectivity index (χ1v) is 8.16. The molecule has 0 saturated heterocycles. The van der Waals surface area contributed by atoms with Gasteiger partial charge in [-0.1, -0.05) is 19.4 Å². The van der Waals surface area contributed by atoms with Crippen molar-refractivity contribution in [2.45, 2.75) is 39.7 Å². The Balaban J connectivity index is 2.66. The summed E-state index contributed by atoms with van der Waals surface area (Å²) in [7, 11) is 0. The van der Waals surface area contributed by atoms with Crippen LogP contribution in [-0.2, 0) is 13.0 Å². The molecule has 0 aliphatic carbocycles. The van der Waals surface area contributed by atoms with Crippen LogP contribution in [0, 0.1) is 6.92 Å². The molecule has 1 amide bonds. The lowest BCUT2D eigenvalue weighted by Gasteiger charge is -2.11. The van der Waals surface area contributed by atoms with Crippen molar-refractivity contribution in [1.82, 2.24) is 4.57 Å². The number of nitrogens with two attached hydrogens (primary N) is 1. The normalized spacial score (nSPS) is 11.0. The summed E-state index contributed by atoms with van der Waals surface area (Å²) in [4.78, 5) is 13.0. The second kappa shape index (κ2) is 6.91. The molecule has 0 unspecified atom stereocenters. The van der Waals surface area contributed by atoms with Crippen LogP contribution >= 0.6 is 11.3 Å². The van der Waals surface area contributed by atoms with Gasteiger partial charge in [-0.25, -0.2) is 0 Å². The third kappa shape index (κ3) is 3.04. The first-order valence-electron chi connectivity index (χ1n) is 7.28. The number of carbonyl (C=O) groups excluding carboxylic acids is 1. The number of hydrogen-bond donors (Lipinski definition) is 2. The molecule has 2 heterocycles. The van der Waals surface area contributed by atoms with Gasteiger partial charge in [0.1, 0.15) is 0 Å². The third-order valence-corrected chi connectivity index (χ3v) is 4.56. The number of primary amides is 1. The summed E-state index contributed by atoms with van der Waals surface area (Å²) in [5, 5.41) is 11.1. The molecule has 0 fully saturated rings. The predicted molar refractivity (Wildman–Crippen MR) is 86.7 cm³/mol. The van der Waals surface area contributed by atoms with E-state index < -0.39 is 0 Å². The van der Waals surface area contributed by atoms with Gasteiger partial charge in [0, 0.05) is 35.0 Å². The van der Waals surface area contributed by atoms with E-state index in [0.717, 1.165) is 34.7 Å². The Bertz CT molecular complexity index is 615. The Morgan fingerprint density at radius 2 is 2.24 bits per heavy atom. The number of aromatic nitrogens is 1. The van der Waals surface area contributed by atoms with E-state index in [9.17, 15) is 4.79 Å². The van der Waals surface area contributed by atoms with Crippen molar-refractivity contribution in [1.29, 1.82) is 0 Å². The Labute approximate surface area is 129 Å². The van der Waals surface area contributed by atoms with Crippen LogP contribution in [0.1, 0.15) is 41.5 Å². The monoisotopic (exact) mass is 306 g/mol. The zero-order valence-electron chi connectivity index (χ0n) is 12.6. The second-order valence-corrected chi connectivity index (χ2v) is 6.05. The summed E-state index contributed by atoms with van der Waals surface area (Å²) in [6.45, 7) is 4.92. The molecule has 21 heavy (non-hydrogen) atoms. The minimum Gasteiger partial charge on any atom is -0.396 e. The third-order valence-electron chi connectivity index (χ3n) is 3.67. The molecule has 0 aliphatic rings. The van der Waals surface area contributed by atoms with Crippen LogP contribution in [0.15, 0.2) is 17.5 Å². The van der Waals surface area contributed by atoms with Crippen LogP contribution < -0.4 is 5.73 Å². The Kier molecular flexibility index (Phi) is 5.20. The maximum atomic E-state index is 11.9. The predicted octanol–water partition coefficient (Wildman–Crippen LogP) is 2.96. The van der Waals surface area contributed by atoms with Crippen molar-refractivity contribution in [2.24, 2.45) is 5.73 Å². The Morgan fingerprint density at radius 1 is 1.48 bits per heavy atom. The van der Waals surface area contributed by atoms with Crippen molar-refractivity contribution >= 4 is 17.2 Å². The molecule has 0 atom stereocenters. The van der Waals surface area contributed by atoms with Crippen LogP contribution in [0.2, 0.25) is 0 Å². The average Bonchev–Trinajstić information content (AvgIpc) is 3.04. The van der Waals surface area contributed by atoms with Crippen molar-refractivity contribution in [2.75, 3.05) is 6.61 Å². The van der Waals surface area contributed by atoms with Crippen LogP contribution in [0.4, 0.5) is 0 Å². The molecule has 2 aromatic heterocycles. The molecule has 2 rings (SSSR count). The molecule has 2 aromatic rings. The summed E-state index contributed by atoms with van der Waals surface area (Å²) in [6, 6.07) is 4.02. The van der Waals surface area contributed by atoms with Gasteiger partial charge in [-0.05, 0) is 31.2 Å². The highest BCUT2D eigenvalue weighted by atomic mass is 32.1. The number of hydrogen-bond acceptors (Lipinski definition) is 3. The van der Waals surface area contributed by atoms with Crippen molar-refractivity contribution in [3.8, 4) is 10.4 Å². The van der Waals surface area contributed by atoms with E-state index in [1.807, 2.05) is 24.4 Å². The first kappa shape index (κ1) is 15.8. The quantitative estimate of drug-likeness (QED) is 0.825. The van der Waals surface area contributed by atoms with E-state index in [2.05, 4.69) is 11.5 Å². The van der Waals surface area contributed by atoms with E-state index >= 15 is 0 Å². The van der Waals surface area contributed by atoms with Gasteiger partial charge in [0.2, 0.25) is 0 Å². The lowest BCUT2D eigenvalue weighted by atomic mass is 10.0. The van der Waals surface area contributed by atoms with Gasteiger partial charge in [-0.15, -0.1) is 11.3 Å². The molecule has 0 spiro atoms. The highest BCUT2D eigenvalue weighted by Crippen LogP contribution is 2.36. The summed E-state index contributed by atoms with van der Waals surface area (Å²) in [6.07, 6.45) is 2.57. The standard InChI is InChI=1S/C16H22N2O2S/c1-3-6-12-15(13-7-4-10-21-13)14(16(17)20)11(2)18(12)8-5-9-19/h4,7,10,19H,3,5-6,8-9H2,1-2H3,(H2,17,20). The molecule has 114 valence electrons. The molecular formula is C16H22N2O2S. The van der Waals surface area contributed by atoms with E-state index in [1.165, 1.54) is 0 Å². The molecular weight excluding hydrogens is 284 g/mol. The lowest BCUT2D eigenvalue weighted by Crippen LogP contribution is -2.13. The van der Waals surface area contributed by atoms with Gasteiger partial charge in [0.25, 0.3) is 5.91 Å². The molecule has 5 heteroatoms. The van der Waals surface area contributed by atoms with Crippen molar-refractivity contribution in [3.05, 3.63) is 34.5 Å². The summed E-state index contributed by atoms with van der Waals surface area (Å²) in [5.41, 5.74) is 9.29. The summed E-state index contributed by atoms with van der Waals surface area (Å²) < 4.78 is 2.15. The van der Waals surface area contributed by atoms with Gasteiger partial charge >= 0.3 is 0 Å². The van der Waals surface area contributed by atoms with Gasteiger partial charge in [-0.2, -0.15) is 0 Å². The Morgan fingerprint density at radius 3 is 2.76 bits per heavy atom. The SMILES string of the molecule is CCCc1c(-c2cccs2)c(C(N)=O)c(C)n1CCCO. The van der Waals surface area contributed by atoms with Crippen LogP contribution in [0.3, 0.4) is 0 Å². The molecule has 0 bridgehead atoms. The number of rotatable bonds is 7. The van der Waals surface area contributed by atoms with E-state index in [1.54, 1.807) is 11.3 Å². The molecule has 0 radical (unpaired) electrons. The van der Waals surface area contributed by atoms with Crippen LogP contribution in [0.5, 0.6) is 0 Å². The van der Waals surface area contributed by atoms with Gasteiger partial charge in [0.15, 0.2) is 0 Å². The molecule has 0 aromatic carbocycles. The van der Waals surface area contributed by atoms with Crippen molar-refractivity contribution < 1.29 is 9.90 Å². The molecule has 0 aliphatic heterocycles. The zero-order chi connectivity index (χ0) is 15.4. The number of nitrogens with zero attached hydrogens (tertiary/aromatic N) is 1. The Hall–Kier alpha value is -1.59. The highest BCUT2D eigenvalue weighted by Gasteiger charge is 2.24. The highest BCUT2D eigenvalue weighted by molar-refractivity contribution is 7.13. The fourth-order valence-electron chi connectivity index (χ4n) is 2.81. The zero-order valence-corrected chi connectivity index (χ0v) is 13.4. The number of thiophene rings is 1. The fraction of sp³-hybridized carbons (Fsp3) is 0.438. The maximum Gasteiger partial charge on any atom is 0.251 e. The fourth-order valence-corrected chi connectivity index (χ4v) is 3.61. The first-order chi connectivity index (χ1) is 10.1. The average molecular weight is 306 g/mol. The van der Waals surface area contributed by atoms with Crippen LogP contribution in [0.25, 0.3) is 10.4 Å². The number of amides is 1. The van der Waals surface area contributed by atoms with E-state index in [4.69, 9.17) is 10.8 Å². The van der Waals surface area contributed by atoms with E-state index in [0.29, 0.717) is 18.5 Å². The second-order valence-electron chi connectivity index (χ2n) is 5.10. The van der Waals surface area contributed by atoms with Gasteiger partial charge in [-0.3, -0.25) is 4.79 Å². The maximum absolute atomic E-state index is 11.9.